The Bertz CT molecular complexity index is 3510. The van der Waals surface area contributed by atoms with Crippen LogP contribution in [0.3, 0.4) is 0 Å². The SMILES string of the molecule is c1ccc(-c2ccc(-c3ccc(N(c4ccc(-c5ccc(-n6c7ccccc7c7ccccc76)cc5)cc4)c4ccc(-c5ccc6oc7ccccc7c6c5)cc4)cc3)cc2)cc1. The van der Waals surface area contributed by atoms with Crippen LogP contribution in [0.25, 0.3) is 93.9 Å². The molecule has 0 aliphatic rings. The van der Waals surface area contributed by atoms with E-state index >= 15 is 0 Å². The van der Waals surface area contributed by atoms with E-state index in [9.17, 15) is 0 Å². The number of fused-ring (bicyclic) bond motifs is 6. The Kier molecular flexibility index (Phi) is 8.83. The molecule has 10 aromatic carbocycles. The molecule has 2 aromatic heterocycles. The Hall–Kier alpha value is -8.40. The third-order valence-corrected chi connectivity index (χ3v) is 12.5. The Morgan fingerprint density at radius 1 is 0.270 bits per heavy atom. The van der Waals surface area contributed by atoms with Crippen molar-refractivity contribution in [2.75, 3.05) is 4.90 Å². The third kappa shape index (κ3) is 6.55. The van der Waals surface area contributed by atoms with Gasteiger partial charge in [0.25, 0.3) is 0 Å². The molecular weight excluding hydrogens is 765 g/mol. The van der Waals surface area contributed by atoms with Crippen LogP contribution in [-0.2, 0) is 0 Å². The van der Waals surface area contributed by atoms with Crippen LogP contribution in [0.1, 0.15) is 0 Å². The maximum atomic E-state index is 6.13. The van der Waals surface area contributed by atoms with Gasteiger partial charge in [0.1, 0.15) is 11.2 Å². The highest BCUT2D eigenvalue weighted by molar-refractivity contribution is 6.09. The van der Waals surface area contributed by atoms with E-state index in [0.717, 1.165) is 55.8 Å². The van der Waals surface area contributed by atoms with Crippen molar-refractivity contribution in [1.82, 2.24) is 4.57 Å². The molecule has 12 rings (SSSR count). The van der Waals surface area contributed by atoms with Crippen molar-refractivity contribution >= 4 is 60.8 Å². The third-order valence-electron chi connectivity index (χ3n) is 12.5. The Morgan fingerprint density at radius 2 is 0.635 bits per heavy atom. The second kappa shape index (κ2) is 15.3. The van der Waals surface area contributed by atoms with Gasteiger partial charge in [0, 0.05) is 44.3 Å². The molecule has 3 nitrogen and oxygen atoms in total. The molecule has 0 N–H and O–H groups in total. The number of nitrogens with zero attached hydrogens (tertiary/aromatic N) is 2. The quantitative estimate of drug-likeness (QED) is 0.153. The van der Waals surface area contributed by atoms with Gasteiger partial charge in [0.05, 0.1) is 11.0 Å². The highest BCUT2D eigenvalue weighted by atomic mass is 16.3. The number of rotatable bonds is 8. The monoisotopic (exact) mass is 804 g/mol. The van der Waals surface area contributed by atoms with Gasteiger partial charge in [-0.15, -0.1) is 0 Å². The van der Waals surface area contributed by atoms with Gasteiger partial charge < -0.3 is 13.9 Å². The van der Waals surface area contributed by atoms with Crippen LogP contribution >= 0.6 is 0 Å². The normalized spacial score (nSPS) is 11.5. The smallest absolute Gasteiger partial charge is 0.135 e. The van der Waals surface area contributed by atoms with Crippen LogP contribution in [0.4, 0.5) is 17.1 Å². The summed E-state index contributed by atoms with van der Waals surface area (Å²) in [5.74, 6) is 0. The number of anilines is 3. The first-order chi connectivity index (χ1) is 31.2. The van der Waals surface area contributed by atoms with E-state index in [1.54, 1.807) is 0 Å². The minimum atomic E-state index is 0.904. The van der Waals surface area contributed by atoms with Crippen LogP contribution in [0.2, 0.25) is 0 Å². The minimum absolute atomic E-state index is 0.904. The molecule has 0 fully saturated rings. The molecule has 0 bridgehead atoms. The molecule has 12 aromatic rings. The number of aromatic nitrogens is 1. The van der Waals surface area contributed by atoms with Crippen LogP contribution in [0.5, 0.6) is 0 Å². The second-order valence-corrected chi connectivity index (χ2v) is 16.1. The summed E-state index contributed by atoms with van der Waals surface area (Å²) in [4.78, 5) is 2.34. The summed E-state index contributed by atoms with van der Waals surface area (Å²) in [6.07, 6.45) is 0. The van der Waals surface area contributed by atoms with Gasteiger partial charge in [0.15, 0.2) is 0 Å². The van der Waals surface area contributed by atoms with Crippen molar-refractivity contribution in [2.24, 2.45) is 0 Å². The van der Waals surface area contributed by atoms with Crippen molar-refractivity contribution < 1.29 is 4.42 Å². The number of hydrogen-bond donors (Lipinski definition) is 0. The van der Waals surface area contributed by atoms with Crippen LogP contribution in [0, 0.1) is 0 Å². The number of furan rings is 1. The first kappa shape index (κ1) is 36.5. The average molecular weight is 805 g/mol. The molecule has 2 heterocycles. The lowest BCUT2D eigenvalue weighted by molar-refractivity contribution is 0.669. The van der Waals surface area contributed by atoms with Crippen molar-refractivity contribution in [3.63, 3.8) is 0 Å². The zero-order valence-electron chi connectivity index (χ0n) is 34.4. The van der Waals surface area contributed by atoms with Gasteiger partial charge in [-0.1, -0.05) is 164 Å². The Labute approximate surface area is 366 Å². The number of para-hydroxylation sites is 3. The van der Waals surface area contributed by atoms with Crippen molar-refractivity contribution in [3.05, 3.63) is 243 Å². The lowest BCUT2D eigenvalue weighted by Gasteiger charge is -2.26. The van der Waals surface area contributed by atoms with Crippen molar-refractivity contribution in [3.8, 4) is 50.2 Å². The zero-order chi connectivity index (χ0) is 41.7. The van der Waals surface area contributed by atoms with E-state index in [0.29, 0.717) is 0 Å². The first-order valence-corrected chi connectivity index (χ1v) is 21.5. The highest BCUT2D eigenvalue weighted by Gasteiger charge is 2.16. The van der Waals surface area contributed by atoms with E-state index in [1.807, 2.05) is 12.1 Å². The van der Waals surface area contributed by atoms with Gasteiger partial charge in [-0.05, 0) is 123 Å². The van der Waals surface area contributed by atoms with Crippen LogP contribution in [-0.4, -0.2) is 4.57 Å². The van der Waals surface area contributed by atoms with Gasteiger partial charge in [-0.25, -0.2) is 0 Å². The largest absolute Gasteiger partial charge is 0.456 e. The van der Waals surface area contributed by atoms with E-state index in [-0.39, 0.29) is 0 Å². The van der Waals surface area contributed by atoms with E-state index in [1.165, 1.54) is 55.2 Å². The number of benzene rings is 10. The molecule has 296 valence electrons. The van der Waals surface area contributed by atoms with E-state index in [2.05, 4.69) is 240 Å². The van der Waals surface area contributed by atoms with Gasteiger partial charge in [0.2, 0.25) is 0 Å². The molecule has 3 heteroatoms. The standard InChI is InChI=1S/C60H40N2O/c1-2-10-41(11-3-1)42-18-20-43(21-19-42)44-22-31-49(32-23-44)61(51-35-28-47(29-36-51)48-30-39-60-56(40-48)55-14-6-9-17-59(55)63-60)50-33-24-45(25-34-50)46-26-37-52(38-27-46)62-57-15-7-4-12-53(57)54-13-5-8-16-58(54)62/h1-40H. The average Bonchev–Trinajstić information content (AvgIpc) is 3.91. The Balaban J connectivity index is 0.878. The molecule has 0 saturated heterocycles. The predicted molar refractivity (Wildman–Crippen MR) is 264 cm³/mol. The summed E-state index contributed by atoms with van der Waals surface area (Å²) in [5, 5.41) is 4.80. The molecule has 0 atom stereocenters. The fraction of sp³-hybridized carbons (Fsp3) is 0. The summed E-state index contributed by atoms with van der Waals surface area (Å²) >= 11 is 0. The molecule has 0 aliphatic heterocycles. The predicted octanol–water partition coefficient (Wildman–Crippen LogP) is 16.8. The summed E-state index contributed by atoms with van der Waals surface area (Å²) in [7, 11) is 0. The molecule has 0 saturated carbocycles. The molecule has 0 aliphatic carbocycles. The lowest BCUT2D eigenvalue weighted by Crippen LogP contribution is -2.09. The fourth-order valence-electron chi connectivity index (χ4n) is 9.25. The van der Waals surface area contributed by atoms with Crippen LogP contribution < -0.4 is 4.90 Å². The van der Waals surface area contributed by atoms with Crippen molar-refractivity contribution in [2.45, 2.75) is 0 Å². The molecule has 0 spiro atoms. The van der Waals surface area contributed by atoms with Crippen LogP contribution in [0.15, 0.2) is 247 Å². The summed E-state index contributed by atoms with van der Waals surface area (Å²) in [6.45, 7) is 0. The van der Waals surface area contributed by atoms with E-state index < -0.39 is 0 Å². The van der Waals surface area contributed by atoms with Crippen molar-refractivity contribution in [1.29, 1.82) is 0 Å². The minimum Gasteiger partial charge on any atom is -0.456 e. The van der Waals surface area contributed by atoms with E-state index in [4.69, 9.17) is 4.42 Å². The highest BCUT2D eigenvalue weighted by Crippen LogP contribution is 2.40. The molecule has 0 unspecified atom stereocenters. The van der Waals surface area contributed by atoms with Gasteiger partial charge >= 0.3 is 0 Å². The second-order valence-electron chi connectivity index (χ2n) is 16.1. The Morgan fingerprint density at radius 3 is 1.16 bits per heavy atom. The first-order valence-electron chi connectivity index (χ1n) is 21.5. The fourth-order valence-corrected chi connectivity index (χ4v) is 9.25. The maximum absolute atomic E-state index is 6.13. The summed E-state index contributed by atoms with van der Waals surface area (Å²) in [5.41, 5.74) is 18.1. The summed E-state index contributed by atoms with van der Waals surface area (Å²) < 4.78 is 8.49. The van der Waals surface area contributed by atoms with Gasteiger partial charge in [-0.3, -0.25) is 0 Å². The zero-order valence-corrected chi connectivity index (χ0v) is 34.4. The lowest BCUT2D eigenvalue weighted by atomic mass is 9.99. The topological polar surface area (TPSA) is 21.3 Å². The van der Waals surface area contributed by atoms with Gasteiger partial charge in [-0.2, -0.15) is 0 Å². The molecule has 63 heavy (non-hydrogen) atoms. The molecular formula is C60H40N2O. The summed E-state index contributed by atoms with van der Waals surface area (Å²) in [6, 6.07) is 87.1. The number of hydrogen-bond acceptors (Lipinski definition) is 2. The molecule has 0 radical (unpaired) electrons. The molecule has 0 amide bonds. The maximum Gasteiger partial charge on any atom is 0.135 e.